The summed E-state index contributed by atoms with van der Waals surface area (Å²) in [5.74, 6) is 2.30. The summed E-state index contributed by atoms with van der Waals surface area (Å²) in [6.45, 7) is 0.0281. The van der Waals surface area contributed by atoms with E-state index in [4.69, 9.17) is 21.4 Å². The molecule has 0 aliphatic rings. The van der Waals surface area contributed by atoms with E-state index in [2.05, 4.69) is 0 Å². The topological polar surface area (TPSA) is 49.7 Å². The van der Waals surface area contributed by atoms with Gasteiger partial charge in [-0.25, -0.2) is 0 Å². The Morgan fingerprint density at radius 2 is 1.57 bits per heavy atom. The normalized spacial score (nSPS) is 12.1. The summed E-state index contributed by atoms with van der Waals surface area (Å²) in [6.07, 6.45) is -0.488. The van der Waals surface area contributed by atoms with Crippen molar-refractivity contribution >= 4 is 23.4 Å². The van der Waals surface area contributed by atoms with Crippen molar-refractivity contribution in [1.29, 1.82) is 0 Å². The van der Waals surface area contributed by atoms with E-state index in [-0.39, 0.29) is 12.5 Å². The summed E-state index contributed by atoms with van der Waals surface area (Å²) in [5, 5.41) is 18.4. The van der Waals surface area contributed by atoms with Crippen LogP contribution in [0.5, 0.6) is 11.5 Å². The lowest BCUT2D eigenvalue weighted by Gasteiger charge is -2.08. The zero-order valence-corrected chi connectivity index (χ0v) is 13.0. The van der Waals surface area contributed by atoms with Crippen molar-refractivity contribution in [2.75, 3.05) is 11.6 Å². The summed E-state index contributed by atoms with van der Waals surface area (Å²) in [7, 11) is 0. The number of alkyl halides is 1. The zero-order chi connectivity index (χ0) is 15.1. The number of aliphatic hydroxyl groups is 2. The van der Waals surface area contributed by atoms with E-state index in [1.807, 2.05) is 48.5 Å². The Morgan fingerprint density at radius 1 is 1.00 bits per heavy atom. The Kier molecular flexibility index (Phi) is 6.39. The maximum atomic E-state index is 9.42. The monoisotopic (exact) mass is 324 g/mol. The molecule has 5 heteroatoms. The molecule has 0 aromatic heterocycles. The largest absolute Gasteiger partial charge is 0.457 e. The second-order valence-corrected chi connectivity index (χ2v) is 5.90. The van der Waals surface area contributed by atoms with Gasteiger partial charge in [-0.15, -0.1) is 23.4 Å². The molecule has 112 valence electrons. The number of hydrogen-bond acceptors (Lipinski definition) is 4. The molecule has 0 aliphatic heterocycles. The Hall–Kier alpha value is -1.20. The van der Waals surface area contributed by atoms with Gasteiger partial charge in [0, 0.05) is 16.5 Å². The molecule has 21 heavy (non-hydrogen) atoms. The number of hydrogen-bond donors (Lipinski definition) is 2. The van der Waals surface area contributed by atoms with Gasteiger partial charge in [-0.05, 0) is 42.0 Å². The molecule has 2 rings (SSSR count). The molecule has 0 amide bonds. The Balaban J connectivity index is 1.92. The predicted molar refractivity (Wildman–Crippen MR) is 86.3 cm³/mol. The Labute approximate surface area is 133 Å². The molecule has 0 saturated carbocycles. The molecule has 0 fully saturated rings. The van der Waals surface area contributed by atoms with Crippen molar-refractivity contribution in [1.82, 2.24) is 0 Å². The third-order valence-electron chi connectivity index (χ3n) is 2.79. The summed E-state index contributed by atoms with van der Waals surface area (Å²) in [5.41, 5.74) is 0.854. The van der Waals surface area contributed by atoms with Crippen molar-refractivity contribution in [3.63, 3.8) is 0 Å². The van der Waals surface area contributed by atoms with E-state index < -0.39 is 6.10 Å². The van der Waals surface area contributed by atoms with E-state index in [0.717, 1.165) is 22.0 Å². The zero-order valence-electron chi connectivity index (χ0n) is 11.4. The molecule has 1 atom stereocenters. The molecule has 0 spiro atoms. The second kappa shape index (κ2) is 8.29. The van der Waals surface area contributed by atoms with Gasteiger partial charge in [0.1, 0.15) is 11.5 Å². The van der Waals surface area contributed by atoms with Crippen LogP contribution >= 0.6 is 23.4 Å². The standard InChI is InChI=1S/C16H17ClO3S/c17-9-13(19)11-21-16-7-5-15(6-8-16)20-14-3-1-12(10-18)2-4-14/h1-8,13,18-19H,9-11H2. The van der Waals surface area contributed by atoms with E-state index >= 15 is 0 Å². The van der Waals surface area contributed by atoms with Gasteiger partial charge in [-0.1, -0.05) is 12.1 Å². The molecule has 3 nitrogen and oxygen atoms in total. The van der Waals surface area contributed by atoms with Gasteiger partial charge in [-0.2, -0.15) is 0 Å². The van der Waals surface area contributed by atoms with Crippen LogP contribution in [0.25, 0.3) is 0 Å². The van der Waals surface area contributed by atoms with Gasteiger partial charge in [0.05, 0.1) is 12.7 Å². The number of ether oxygens (including phenoxy) is 1. The summed E-state index contributed by atoms with van der Waals surface area (Å²) >= 11 is 7.11. The van der Waals surface area contributed by atoms with Gasteiger partial charge < -0.3 is 14.9 Å². The maximum absolute atomic E-state index is 9.42. The highest BCUT2D eigenvalue weighted by Gasteiger charge is 2.04. The summed E-state index contributed by atoms with van der Waals surface area (Å²) < 4.78 is 5.72. The SMILES string of the molecule is OCc1ccc(Oc2ccc(SCC(O)CCl)cc2)cc1. The van der Waals surface area contributed by atoms with Crippen LogP contribution in [0, 0.1) is 0 Å². The quantitative estimate of drug-likeness (QED) is 0.603. The molecular formula is C16H17ClO3S. The first-order chi connectivity index (χ1) is 10.2. The minimum atomic E-state index is -0.488. The van der Waals surface area contributed by atoms with Crippen LogP contribution in [-0.4, -0.2) is 27.9 Å². The number of benzene rings is 2. The van der Waals surface area contributed by atoms with Crippen LogP contribution in [0.3, 0.4) is 0 Å². The van der Waals surface area contributed by atoms with Crippen molar-refractivity contribution in [3.8, 4) is 11.5 Å². The van der Waals surface area contributed by atoms with Gasteiger partial charge >= 0.3 is 0 Å². The average molecular weight is 325 g/mol. The Morgan fingerprint density at radius 3 is 2.10 bits per heavy atom. The van der Waals surface area contributed by atoms with Crippen LogP contribution in [-0.2, 0) is 6.61 Å². The summed E-state index contributed by atoms with van der Waals surface area (Å²) in [4.78, 5) is 1.06. The van der Waals surface area contributed by atoms with Crippen LogP contribution in [0.2, 0.25) is 0 Å². The molecule has 0 aliphatic carbocycles. The fraction of sp³-hybridized carbons (Fsp3) is 0.250. The molecular weight excluding hydrogens is 308 g/mol. The van der Waals surface area contributed by atoms with Crippen molar-refractivity contribution < 1.29 is 14.9 Å². The number of rotatable bonds is 7. The van der Waals surface area contributed by atoms with Gasteiger partial charge in [0.15, 0.2) is 0 Å². The van der Waals surface area contributed by atoms with Crippen LogP contribution in [0.4, 0.5) is 0 Å². The highest BCUT2D eigenvalue weighted by Crippen LogP contribution is 2.26. The second-order valence-electron chi connectivity index (χ2n) is 4.49. The maximum Gasteiger partial charge on any atom is 0.127 e. The Bertz CT molecular complexity index is 542. The van der Waals surface area contributed by atoms with Gasteiger partial charge in [-0.3, -0.25) is 0 Å². The van der Waals surface area contributed by atoms with E-state index in [0.29, 0.717) is 5.75 Å². The molecule has 1 unspecified atom stereocenters. The first-order valence-corrected chi connectivity index (χ1v) is 8.08. The third kappa shape index (κ3) is 5.25. The fourth-order valence-electron chi connectivity index (χ4n) is 1.64. The van der Waals surface area contributed by atoms with Crippen molar-refractivity contribution in [2.24, 2.45) is 0 Å². The molecule has 2 N–H and O–H groups in total. The molecule has 0 radical (unpaired) electrons. The molecule has 0 heterocycles. The summed E-state index contributed by atoms with van der Waals surface area (Å²) in [6, 6.07) is 15.0. The van der Waals surface area contributed by atoms with Crippen molar-refractivity contribution in [3.05, 3.63) is 54.1 Å². The van der Waals surface area contributed by atoms with Gasteiger partial charge in [0.2, 0.25) is 0 Å². The lowest BCUT2D eigenvalue weighted by Crippen LogP contribution is -2.10. The molecule has 2 aromatic rings. The first-order valence-electron chi connectivity index (χ1n) is 6.56. The van der Waals surface area contributed by atoms with E-state index in [1.165, 1.54) is 0 Å². The fourth-order valence-corrected chi connectivity index (χ4v) is 2.71. The molecule has 2 aromatic carbocycles. The van der Waals surface area contributed by atoms with E-state index in [9.17, 15) is 5.11 Å². The smallest absolute Gasteiger partial charge is 0.127 e. The van der Waals surface area contributed by atoms with Crippen LogP contribution in [0.1, 0.15) is 5.56 Å². The van der Waals surface area contributed by atoms with E-state index in [1.54, 1.807) is 11.8 Å². The highest BCUT2D eigenvalue weighted by atomic mass is 35.5. The lowest BCUT2D eigenvalue weighted by molar-refractivity contribution is 0.223. The minimum absolute atomic E-state index is 0.0281. The highest BCUT2D eigenvalue weighted by molar-refractivity contribution is 7.99. The minimum Gasteiger partial charge on any atom is -0.457 e. The first kappa shape index (κ1) is 16.2. The molecule has 0 bridgehead atoms. The molecule has 0 saturated heterocycles. The van der Waals surface area contributed by atoms with Crippen molar-refractivity contribution in [2.45, 2.75) is 17.6 Å². The number of halogens is 1. The number of aliphatic hydroxyl groups excluding tert-OH is 2. The average Bonchev–Trinajstić information content (AvgIpc) is 2.54. The lowest BCUT2D eigenvalue weighted by atomic mass is 10.2. The third-order valence-corrected chi connectivity index (χ3v) is 4.30. The predicted octanol–water partition coefficient (Wildman–Crippen LogP) is 3.66. The van der Waals surface area contributed by atoms with Crippen LogP contribution < -0.4 is 4.74 Å². The van der Waals surface area contributed by atoms with Gasteiger partial charge in [0.25, 0.3) is 0 Å². The number of thioether (sulfide) groups is 1. The van der Waals surface area contributed by atoms with Crippen LogP contribution in [0.15, 0.2) is 53.4 Å².